The number of rotatable bonds is 6. The number of aromatic amines is 1. The number of imidazole rings is 1. The summed E-state index contributed by atoms with van der Waals surface area (Å²) in [6.45, 7) is 9.37. The molecule has 4 heterocycles. The summed E-state index contributed by atoms with van der Waals surface area (Å²) in [6.07, 6.45) is 1.87. The van der Waals surface area contributed by atoms with Crippen molar-refractivity contribution in [1.29, 1.82) is 0 Å². The lowest BCUT2D eigenvalue weighted by molar-refractivity contribution is 0.0342. The average molecular weight is 691 g/mol. The Bertz CT molecular complexity index is 1360. The quantitative estimate of drug-likeness (QED) is 0.251. The van der Waals surface area contributed by atoms with Crippen LogP contribution in [0.15, 0.2) is 59.2 Å². The van der Waals surface area contributed by atoms with Crippen molar-refractivity contribution in [3.05, 3.63) is 75.4 Å². The van der Waals surface area contributed by atoms with Crippen LogP contribution in [0.5, 0.6) is 0 Å². The van der Waals surface area contributed by atoms with Gasteiger partial charge in [-0.25, -0.2) is 9.97 Å². The minimum Gasteiger partial charge on any atom is -0.379 e. The van der Waals surface area contributed by atoms with Crippen LogP contribution in [0.1, 0.15) is 11.1 Å². The number of aromatic nitrogens is 3. The molecule has 0 radical (unpaired) electrons. The van der Waals surface area contributed by atoms with Gasteiger partial charge in [-0.1, -0.05) is 48.0 Å². The predicted molar refractivity (Wildman–Crippen MR) is 174 cm³/mol. The van der Waals surface area contributed by atoms with E-state index >= 15 is 0 Å². The molecule has 216 valence electrons. The van der Waals surface area contributed by atoms with Crippen molar-refractivity contribution in [2.75, 3.05) is 57.4 Å². The molecular formula is C28H33BrCl4N6O. The van der Waals surface area contributed by atoms with Gasteiger partial charge in [0.25, 0.3) is 0 Å². The molecule has 4 aromatic rings. The minimum atomic E-state index is 0. The van der Waals surface area contributed by atoms with Gasteiger partial charge in [-0.2, -0.15) is 0 Å². The number of morpholine rings is 1. The molecule has 0 atom stereocenters. The molecule has 2 aromatic heterocycles. The SMILES string of the molecule is Cl.Cl.Cl.Clc1ccc(CN2CCN(c3c(Br)cnc4nc(-c5ccc(CN6CCOCC6)cc5)[nH]c34)CC2)cc1. The molecule has 0 spiro atoms. The van der Waals surface area contributed by atoms with Crippen LogP contribution in [-0.2, 0) is 17.8 Å². The third-order valence-corrected chi connectivity index (χ3v) is 8.03. The Morgan fingerprint density at radius 2 is 1.38 bits per heavy atom. The third-order valence-electron chi connectivity index (χ3n) is 7.19. The van der Waals surface area contributed by atoms with E-state index in [-0.39, 0.29) is 37.2 Å². The monoisotopic (exact) mass is 688 g/mol. The van der Waals surface area contributed by atoms with E-state index in [0.717, 1.165) is 103 Å². The van der Waals surface area contributed by atoms with Gasteiger partial charge in [-0.05, 0) is 39.2 Å². The van der Waals surface area contributed by atoms with Gasteiger partial charge in [-0.15, -0.1) is 37.2 Å². The van der Waals surface area contributed by atoms with Crippen molar-refractivity contribution in [3.63, 3.8) is 0 Å². The summed E-state index contributed by atoms with van der Waals surface area (Å²) in [5.41, 5.74) is 6.53. The van der Waals surface area contributed by atoms with Crippen LogP contribution in [0.2, 0.25) is 5.02 Å². The van der Waals surface area contributed by atoms with Crippen LogP contribution in [0.3, 0.4) is 0 Å². The maximum atomic E-state index is 6.04. The molecule has 2 aliphatic rings. The van der Waals surface area contributed by atoms with Gasteiger partial charge in [0.15, 0.2) is 5.65 Å². The number of H-pyrrole nitrogens is 1. The number of nitrogens with one attached hydrogen (secondary N) is 1. The van der Waals surface area contributed by atoms with Gasteiger partial charge in [-0.3, -0.25) is 9.80 Å². The number of ether oxygens (including phenoxy) is 1. The maximum Gasteiger partial charge on any atom is 0.180 e. The molecule has 6 rings (SSSR count). The minimum absolute atomic E-state index is 0. The lowest BCUT2D eigenvalue weighted by Crippen LogP contribution is -2.46. The molecule has 12 heteroatoms. The van der Waals surface area contributed by atoms with Gasteiger partial charge < -0.3 is 14.6 Å². The number of halogens is 5. The molecule has 2 aromatic carbocycles. The van der Waals surface area contributed by atoms with Crippen molar-refractivity contribution in [2.24, 2.45) is 0 Å². The molecule has 0 bridgehead atoms. The first-order valence-corrected chi connectivity index (χ1v) is 13.9. The Hall–Kier alpha value is -1.62. The van der Waals surface area contributed by atoms with Crippen molar-refractivity contribution in [3.8, 4) is 11.4 Å². The summed E-state index contributed by atoms with van der Waals surface area (Å²) in [4.78, 5) is 20.4. The standard InChI is InChI=1S/C28H30BrClN6O.3ClH/c29-24-17-31-28-25(26(24)36-11-9-34(10-12-36)18-21-3-7-23(30)8-4-21)32-27(33-28)22-5-1-20(2-6-22)19-35-13-15-37-16-14-35;;;/h1-8,17H,9-16,18-19H2,(H,31,32,33);3*1H. The van der Waals surface area contributed by atoms with E-state index in [1.165, 1.54) is 11.1 Å². The number of pyridine rings is 1. The highest BCUT2D eigenvalue weighted by Crippen LogP contribution is 2.34. The van der Waals surface area contributed by atoms with Crippen molar-refractivity contribution < 1.29 is 4.74 Å². The zero-order valence-corrected chi connectivity index (χ0v) is 26.7. The molecule has 2 aliphatic heterocycles. The second-order valence-corrected chi connectivity index (χ2v) is 11.0. The Labute approximate surface area is 267 Å². The number of fused-ring (bicyclic) bond motifs is 1. The van der Waals surface area contributed by atoms with E-state index in [1.807, 2.05) is 18.3 Å². The molecule has 40 heavy (non-hydrogen) atoms. The third kappa shape index (κ3) is 7.61. The summed E-state index contributed by atoms with van der Waals surface area (Å²) in [7, 11) is 0. The van der Waals surface area contributed by atoms with Gasteiger partial charge >= 0.3 is 0 Å². The van der Waals surface area contributed by atoms with E-state index in [0.29, 0.717) is 0 Å². The van der Waals surface area contributed by atoms with Gasteiger partial charge in [0.05, 0.1) is 23.4 Å². The zero-order valence-electron chi connectivity index (χ0n) is 21.9. The Kier molecular flexibility index (Phi) is 12.4. The molecule has 0 aliphatic carbocycles. The smallest absolute Gasteiger partial charge is 0.180 e. The largest absolute Gasteiger partial charge is 0.379 e. The highest BCUT2D eigenvalue weighted by Gasteiger charge is 2.23. The number of anilines is 1. The fourth-order valence-electron chi connectivity index (χ4n) is 5.13. The van der Waals surface area contributed by atoms with Crippen molar-refractivity contribution in [1.82, 2.24) is 24.8 Å². The first kappa shape index (κ1) is 32.9. The maximum absolute atomic E-state index is 6.04. The van der Waals surface area contributed by atoms with E-state index in [2.05, 4.69) is 77.0 Å². The van der Waals surface area contributed by atoms with Crippen LogP contribution in [0.25, 0.3) is 22.6 Å². The first-order chi connectivity index (χ1) is 18.1. The Morgan fingerprint density at radius 3 is 2.00 bits per heavy atom. The van der Waals surface area contributed by atoms with Crippen LogP contribution in [0, 0.1) is 0 Å². The van der Waals surface area contributed by atoms with Crippen LogP contribution < -0.4 is 4.90 Å². The summed E-state index contributed by atoms with van der Waals surface area (Å²) >= 11 is 9.80. The molecule has 2 saturated heterocycles. The Morgan fingerprint density at radius 1 is 0.800 bits per heavy atom. The summed E-state index contributed by atoms with van der Waals surface area (Å²) in [5, 5.41) is 0.781. The molecular weight excluding hydrogens is 658 g/mol. The van der Waals surface area contributed by atoms with Gasteiger partial charge in [0.2, 0.25) is 0 Å². The van der Waals surface area contributed by atoms with E-state index < -0.39 is 0 Å². The van der Waals surface area contributed by atoms with Gasteiger partial charge in [0, 0.05) is 69.1 Å². The average Bonchev–Trinajstić information content (AvgIpc) is 3.36. The first-order valence-electron chi connectivity index (χ1n) is 12.8. The van der Waals surface area contributed by atoms with Crippen molar-refractivity contribution in [2.45, 2.75) is 13.1 Å². The molecule has 2 fully saturated rings. The fourth-order valence-corrected chi connectivity index (χ4v) is 5.81. The van der Waals surface area contributed by atoms with Crippen LogP contribution in [-0.4, -0.2) is 77.2 Å². The molecule has 0 unspecified atom stereocenters. The van der Waals surface area contributed by atoms with Crippen LogP contribution >= 0.6 is 64.8 Å². The summed E-state index contributed by atoms with van der Waals surface area (Å²) in [6, 6.07) is 16.8. The number of nitrogens with zero attached hydrogens (tertiary/aromatic N) is 5. The normalized spacial score (nSPS) is 16.2. The highest BCUT2D eigenvalue weighted by molar-refractivity contribution is 9.10. The zero-order chi connectivity index (χ0) is 25.2. The Balaban J connectivity index is 0.00000147. The van der Waals surface area contributed by atoms with E-state index in [4.69, 9.17) is 21.3 Å². The summed E-state index contributed by atoms with van der Waals surface area (Å²) < 4.78 is 6.45. The van der Waals surface area contributed by atoms with E-state index in [9.17, 15) is 0 Å². The molecule has 7 nitrogen and oxygen atoms in total. The molecule has 0 saturated carbocycles. The molecule has 1 N–H and O–H groups in total. The highest BCUT2D eigenvalue weighted by atomic mass is 79.9. The lowest BCUT2D eigenvalue weighted by Gasteiger charge is -2.36. The number of benzene rings is 2. The number of piperazine rings is 1. The fraction of sp³-hybridized carbons (Fsp3) is 0.357. The predicted octanol–water partition coefficient (Wildman–Crippen LogP) is 6.46. The number of hydrogen-bond donors (Lipinski definition) is 1. The van der Waals surface area contributed by atoms with Crippen LogP contribution in [0.4, 0.5) is 5.69 Å². The summed E-state index contributed by atoms with van der Waals surface area (Å²) in [5.74, 6) is 0.848. The van der Waals surface area contributed by atoms with E-state index in [1.54, 1.807) is 0 Å². The van der Waals surface area contributed by atoms with Gasteiger partial charge in [0.1, 0.15) is 11.3 Å². The molecule has 0 amide bonds. The van der Waals surface area contributed by atoms with Crippen molar-refractivity contribution >= 4 is 81.6 Å². The lowest BCUT2D eigenvalue weighted by atomic mass is 10.1. The number of hydrogen-bond acceptors (Lipinski definition) is 6. The topological polar surface area (TPSA) is 60.5 Å². The second kappa shape index (κ2) is 15.0. The second-order valence-electron chi connectivity index (χ2n) is 9.71.